The highest BCUT2D eigenvalue weighted by Gasteiger charge is 2.31. The summed E-state index contributed by atoms with van der Waals surface area (Å²) >= 11 is 0. The van der Waals surface area contributed by atoms with Crippen molar-refractivity contribution < 1.29 is 29.8 Å². The molecule has 8 heteroatoms. The zero-order valence-corrected chi connectivity index (χ0v) is 16.1. The van der Waals surface area contributed by atoms with Crippen LogP contribution in [0.15, 0.2) is 11.6 Å². The molecule has 0 spiro atoms. The molecule has 0 amide bonds. The van der Waals surface area contributed by atoms with Crippen molar-refractivity contribution in [3.63, 3.8) is 0 Å². The first-order valence-corrected chi connectivity index (χ1v) is 8.53. The van der Waals surface area contributed by atoms with Crippen LogP contribution in [-0.4, -0.2) is 40.9 Å². The van der Waals surface area contributed by atoms with Gasteiger partial charge in [0.2, 0.25) is 0 Å². The van der Waals surface area contributed by atoms with Crippen molar-refractivity contribution in [2.45, 2.75) is 46.1 Å². The standard InChI is InChI=1S/C18H21NO4.CH5NO2/c1-4-12(6-5-9-19)7-8-13-16(20)15-14(10-23-18(15)21)11(2)17(13)22-3;1-2(3)4/h7,20H,4-6,8,10H2,1-3H3;3-4H,1H3/b12-7+;. The molecule has 0 aromatic heterocycles. The minimum absolute atomic E-state index is 0. The number of hydrogen-bond donors (Lipinski definition) is 3. The van der Waals surface area contributed by atoms with E-state index in [1.807, 2.05) is 19.9 Å². The maximum Gasteiger partial charge on any atom is 0.342 e. The molecule has 148 valence electrons. The maximum absolute atomic E-state index is 11.9. The summed E-state index contributed by atoms with van der Waals surface area (Å²) in [5, 5.41) is 34.1. The number of fused-ring (bicyclic) bond motifs is 1. The van der Waals surface area contributed by atoms with Gasteiger partial charge >= 0.3 is 5.97 Å². The third kappa shape index (κ3) is 5.69. The van der Waals surface area contributed by atoms with E-state index in [0.29, 0.717) is 36.1 Å². The quantitative estimate of drug-likeness (QED) is 0.391. The van der Waals surface area contributed by atoms with E-state index in [1.54, 1.807) is 7.11 Å². The first-order valence-electron chi connectivity index (χ1n) is 8.53. The zero-order chi connectivity index (χ0) is 20.6. The number of cyclic esters (lactones) is 1. The number of hydroxylamine groups is 2. The van der Waals surface area contributed by atoms with Gasteiger partial charge in [-0.15, -0.1) is 0 Å². The fourth-order valence-corrected chi connectivity index (χ4v) is 2.91. The summed E-state index contributed by atoms with van der Waals surface area (Å²) in [7, 11) is 2.66. The van der Waals surface area contributed by atoms with Crippen molar-refractivity contribution in [2.24, 2.45) is 0 Å². The number of nitrogens with zero attached hydrogens (tertiary/aromatic N) is 2. The van der Waals surface area contributed by atoms with E-state index in [9.17, 15) is 9.90 Å². The molecule has 0 unspecified atom stereocenters. The summed E-state index contributed by atoms with van der Waals surface area (Å²) in [6.07, 6.45) is 4.48. The van der Waals surface area contributed by atoms with E-state index in [1.165, 1.54) is 0 Å². The Morgan fingerprint density at radius 2 is 2.07 bits per heavy atom. The molecule has 27 heavy (non-hydrogen) atoms. The van der Waals surface area contributed by atoms with Crippen LogP contribution in [0.4, 0.5) is 0 Å². The molecular weight excluding hydrogens is 352 g/mol. The van der Waals surface area contributed by atoms with Crippen LogP contribution in [0.2, 0.25) is 0 Å². The second kappa shape index (κ2) is 10.5. The molecule has 3 N–H and O–H groups in total. The van der Waals surface area contributed by atoms with Crippen LogP contribution in [0.3, 0.4) is 0 Å². The van der Waals surface area contributed by atoms with Crippen molar-refractivity contribution in [3.8, 4) is 17.6 Å². The molecule has 0 saturated heterocycles. The van der Waals surface area contributed by atoms with Gasteiger partial charge in [-0.1, -0.05) is 23.8 Å². The molecule has 1 heterocycles. The molecule has 2 rings (SSSR count). The molecule has 1 aliphatic rings. The van der Waals surface area contributed by atoms with E-state index >= 15 is 0 Å². The number of phenols is 1. The summed E-state index contributed by atoms with van der Waals surface area (Å²) in [5.41, 5.74) is 3.50. The SMILES string of the molecule is CC/C(=C\Cc1c(O)c2c(c(C)c1OC)COC2=O)CCC#N.CN(O)O. The largest absolute Gasteiger partial charge is 0.507 e. The van der Waals surface area contributed by atoms with E-state index in [-0.39, 0.29) is 23.1 Å². The summed E-state index contributed by atoms with van der Waals surface area (Å²) < 4.78 is 10.5. The smallest absolute Gasteiger partial charge is 0.342 e. The van der Waals surface area contributed by atoms with Gasteiger partial charge in [-0.05, 0) is 31.7 Å². The molecule has 8 nitrogen and oxygen atoms in total. The van der Waals surface area contributed by atoms with Crippen LogP contribution < -0.4 is 4.74 Å². The number of esters is 1. The predicted octanol–water partition coefficient (Wildman–Crippen LogP) is 3.26. The van der Waals surface area contributed by atoms with E-state index < -0.39 is 5.97 Å². The third-order valence-corrected chi connectivity index (χ3v) is 4.25. The summed E-state index contributed by atoms with van der Waals surface area (Å²) in [5.74, 6) is 0.0390. The van der Waals surface area contributed by atoms with Crippen LogP contribution in [0, 0.1) is 18.3 Å². The Morgan fingerprint density at radius 3 is 2.59 bits per heavy atom. The topological polar surface area (TPSA) is 123 Å². The summed E-state index contributed by atoms with van der Waals surface area (Å²) in [6.45, 7) is 4.07. The average Bonchev–Trinajstić information content (AvgIpc) is 3.00. The number of aromatic hydroxyl groups is 1. The first kappa shape index (κ1) is 22.4. The lowest BCUT2D eigenvalue weighted by Gasteiger charge is -2.16. The molecule has 0 fully saturated rings. The number of rotatable bonds is 6. The van der Waals surface area contributed by atoms with Crippen molar-refractivity contribution in [2.75, 3.05) is 14.2 Å². The number of phenolic OH excluding ortho intramolecular Hbond substituents is 1. The van der Waals surface area contributed by atoms with Gasteiger partial charge in [-0.3, -0.25) is 10.4 Å². The number of carbonyl (C=O) groups excluding carboxylic acids is 1. The fraction of sp³-hybridized carbons (Fsp3) is 0.474. The number of allylic oxidation sites excluding steroid dienone is 2. The average molecular weight is 378 g/mol. The number of hydrogen-bond acceptors (Lipinski definition) is 8. The summed E-state index contributed by atoms with van der Waals surface area (Å²) in [4.78, 5) is 11.9. The molecular formula is C19H26N2O6. The second-order valence-electron chi connectivity index (χ2n) is 5.98. The van der Waals surface area contributed by atoms with Gasteiger partial charge in [0.15, 0.2) is 0 Å². The Bertz CT molecular complexity index is 747. The molecule has 0 saturated carbocycles. The van der Waals surface area contributed by atoms with Crippen molar-refractivity contribution >= 4 is 5.97 Å². The summed E-state index contributed by atoms with van der Waals surface area (Å²) in [6, 6.07) is 2.14. The lowest BCUT2D eigenvalue weighted by atomic mass is 9.94. The maximum atomic E-state index is 11.9. The van der Waals surface area contributed by atoms with Crippen LogP contribution in [0.5, 0.6) is 11.5 Å². The molecule has 1 aromatic carbocycles. The van der Waals surface area contributed by atoms with Gasteiger partial charge in [0, 0.05) is 24.6 Å². The van der Waals surface area contributed by atoms with Gasteiger partial charge in [-0.2, -0.15) is 5.26 Å². The monoisotopic (exact) mass is 378 g/mol. The predicted molar refractivity (Wildman–Crippen MR) is 96.8 cm³/mol. The fourth-order valence-electron chi connectivity index (χ4n) is 2.91. The van der Waals surface area contributed by atoms with Gasteiger partial charge < -0.3 is 14.6 Å². The Labute approximate surface area is 158 Å². The molecule has 0 atom stereocenters. The van der Waals surface area contributed by atoms with E-state index in [4.69, 9.17) is 25.2 Å². The van der Waals surface area contributed by atoms with Gasteiger partial charge in [0.25, 0.3) is 0 Å². The van der Waals surface area contributed by atoms with Crippen molar-refractivity contribution in [3.05, 3.63) is 33.9 Å². The van der Waals surface area contributed by atoms with Gasteiger partial charge in [-0.25, -0.2) is 4.79 Å². The molecule has 1 aromatic rings. The van der Waals surface area contributed by atoms with E-state index in [2.05, 4.69) is 6.07 Å². The van der Waals surface area contributed by atoms with Crippen LogP contribution in [-0.2, 0) is 17.8 Å². The van der Waals surface area contributed by atoms with Crippen LogP contribution in [0.25, 0.3) is 0 Å². The normalized spacial score (nSPS) is 12.8. The lowest BCUT2D eigenvalue weighted by Crippen LogP contribution is -2.03. The minimum atomic E-state index is -0.492. The Hall–Kier alpha value is -2.60. The Morgan fingerprint density at radius 1 is 1.44 bits per heavy atom. The highest BCUT2D eigenvalue weighted by molar-refractivity contribution is 5.98. The lowest BCUT2D eigenvalue weighted by molar-refractivity contribution is -0.287. The van der Waals surface area contributed by atoms with Gasteiger partial charge in [0.1, 0.15) is 23.7 Å². The van der Waals surface area contributed by atoms with Crippen LogP contribution >= 0.6 is 0 Å². The van der Waals surface area contributed by atoms with Gasteiger partial charge in [0.05, 0.1) is 13.2 Å². The second-order valence-corrected chi connectivity index (χ2v) is 5.98. The van der Waals surface area contributed by atoms with Crippen molar-refractivity contribution in [1.29, 1.82) is 5.26 Å². The van der Waals surface area contributed by atoms with Crippen LogP contribution in [0.1, 0.15) is 53.2 Å². The molecule has 0 aliphatic carbocycles. The highest BCUT2D eigenvalue weighted by atomic mass is 16.8. The zero-order valence-electron chi connectivity index (χ0n) is 16.1. The molecule has 1 aliphatic heterocycles. The minimum Gasteiger partial charge on any atom is -0.507 e. The molecule has 0 bridgehead atoms. The highest BCUT2D eigenvalue weighted by Crippen LogP contribution is 2.42. The molecule has 0 radical (unpaired) electrons. The Balaban J connectivity index is 0.000000828. The van der Waals surface area contributed by atoms with Crippen molar-refractivity contribution in [1.82, 2.24) is 5.23 Å². The third-order valence-electron chi connectivity index (χ3n) is 4.25. The van der Waals surface area contributed by atoms with E-state index in [0.717, 1.165) is 24.6 Å². The Kier molecular flexibility index (Phi) is 8.75. The number of ether oxygens (including phenoxy) is 2. The first-order chi connectivity index (χ1) is 12.8. The number of methoxy groups -OCH3 is 1. The number of benzene rings is 1. The number of carbonyl (C=O) groups is 1. The number of nitriles is 1.